The summed E-state index contributed by atoms with van der Waals surface area (Å²) in [7, 11) is 0. The molecule has 0 saturated heterocycles. The molecule has 1 aromatic heterocycles. The van der Waals surface area contributed by atoms with E-state index in [1.807, 2.05) is 12.3 Å². The number of nitrogens with one attached hydrogen (secondary N) is 1. The molecule has 0 amide bonds. The quantitative estimate of drug-likeness (QED) is 0.840. The summed E-state index contributed by atoms with van der Waals surface area (Å²) in [6.45, 7) is 5.47. The largest absolute Gasteiger partial charge is 0.308 e. The molecule has 86 valence electrons. The standard InChI is InChI=1S/C13H19N3/c1-13(2)7-11(13)12-14-6-5-10(16-12)8-15-9-3-4-9/h5-6,9,11,15H,3-4,7-8H2,1-2H3. The molecule has 3 heteroatoms. The van der Waals surface area contributed by atoms with Crippen molar-refractivity contribution < 1.29 is 0 Å². The van der Waals surface area contributed by atoms with E-state index in [1.54, 1.807) is 0 Å². The third kappa shape index (κ3) is 2.09. The number of hydrogen-bond donors (Lipinski definition) is 1. The summed E-state index contributed by atoms with van der Waals surface area (Å²) in [6.07, 6.45) is 5.79. The lowest BCUT2D eigenvalue weighted by atomic mass is 10.1. The monoisotopic (exact) mass is 217 g/mol. The Bertz CT molecular complexity index is 396. The van der Waals surface area contributed by atoms with Gasteiger partial charge in [0.2, 0.25) is 0 Å². The predicted octanol–water partition coefficient (Wildman–Crippen LogP) is 2.24. The van der Waals surface area contributed by atoms with E-state index in [-0.39, 0.29) is 0 Å². The highest BCUT2D eigenvalue weighted by Crippen LogP contribution is 2.57. The number of rotatable bonds is 4. The molecule has 16 heavy (non-hydrogen) atoms. The zero-order valence-electron chi connectivity index (χ0n) is 10.0. The second-order valence-corrected chi connectivity index (χ2v) is 5.81. The van der Waals surface area contributed by atoms with Gasteiger partial charge in [0, 0.05) is 24.7 Å². The van der Waals surface area contributed by atoms with E-state index in [0.29, 0.717) is 11.3 Å². The van der Waals surface area contributed by atoms with E-state index in [2.05, 4.69) is 29.1 Å². The van der Waals surface area contributed by atoms with Crippen LogP contribution in [0.15, 0.2) is 12.3 Å². The van der Waals surface area contributed by atoms with E-state index in [9.17, 15) is 0 Å². The molecule has 1 heterocycles. The van der Waals surface area contributed by atoms with Crippen molar-refractivity contribution in [2.24, 2.45) is 5.41 Å². The first kappa shape index (κ1) is 10.2. The molecule has 0 aromatic carbocycles. The van der Waals surface area contributed by atoms with E-state index in [0.717, 1.165) is 24.1 Å². The van der Waals surface area contributed by atoms with Crippen LogP contribution in [0.5, 0.6) is 0 Å². The SMILES string of the molecule is CC1(C)CC1c1nccc(CNC2CC2)n1. The van der Waals surface area contributed by atoms with Crippen LogP contribution in [0.3, 0.4) is 0 Å². The van der Waals surface area contributed by atoms with Crippen LogP contribution in [-0.4, -0.2) is 16.0 Å². The van der Waals surface area contributed by atoms with Crippen LogP contribution < -0.4 is 5.32 Å². The van der Waals surface area contributed by atoms with Gasteiger partial charge in [0.05, 0.1) is 5.69 Å². The molecule has 2 aliphatic rings. The van der Waals surface area contributed by atoms with Gasteiger partial charge in [-0.05, 0) is 30.7 Å². The molecule has 1 N–H and O–H groups in total. The van der Waals surface area contributed by atoms with Gasteiger partial charge in [-0.1, -0.05) is 13.8 Å². The molecule has 0 bridgehead atoms. The Morgan fingerprint density at radius 2 is 2.19 bits per heavy atom. The molecular weight excluding hydrogens is 198 g/mol. The minimum atomic E-state index is 0.419. The Balaban J connectivity index is 1.67. The summed E-state index contributed by atoms with van der Waals surface area (Å²) >= 11 is 0. The fourth-order valence-corrected chi connectivity index (χ4v) is 2.12. The Hall–Kier alpha value is -0.960. The topological polar surface area (TPSA) is 37.8 Å². The maximum absolute atomic E-state index is 4.66. The van der Waals surface area contributed by atoms with E-state index in [1.165, 1.54) is 19.3 Å². The van der Waals surface area contributed by atoms with Gasteiger partial charge >= 0.3 is 0 Å². The fourth-order valence-electron chi connectivity index (χ4n) is 2.12. The maximum Gasteiger partial charge on any atom is 0.132 e. The predicted molar refractivity (Wildman–Crippen MR) is 63.0 cm³/mol. The first-order valence-corrected chi connectivity index (χ1v) is 6.20. The molecule has 0 radical (unpaired) electrons. The van der Waals surface area contributed by atoms with Crippen molar-refractivity contribution in [1.82, 2.24) is 15.3 Å². The van der Waals surface area contributed by atoms with Gasteiger partial charge in [0.15, 0.2) is 0 Å². The summed E-state index contributed by atoms with van der Waals surface area (Å²) in [5, 5.41) is 3.49. The Labute approximate surface area is 96.7 Å². The van der Waals surface area contributed by atoms with E-state index >= 15 is 0 Å². The van der Waals surface area contributed by atoms with Crippen molar-refractivity contribution in [3.8, 4) is 0 Å². The Kier molecular flexibility index (Phi) is 2.25. The molecule has 1 unspecified atom stereocenters. The second kappa shape index (κ2) is 3.52. The molecule has 2 saturated carbocycles. The molecule has 3 rings (SSSR count). The van der Waals surface area contributed by atoms with Gasteiger partial charge in [-0.25, -0.2) is 9.97 Å². The van der Waals surface area contributed by atoms with Gasteiger partial charge in [0.1, 0.15) is 5.82 Å². The van der Waals surface area contributed by atoms with Crippen molar-refractivity contribution in [2.45, 2.75) is 51.6 Å². The van der Waals surface area contributed by atoms with Crippen molar-refractivity contribution in [3.63, 3.8) is 0 Å². The number of aromatic nitrogens is 2. The van der Waals surface area contributed by atoms with Crippen molar-refractivity contribution in [2.75, 3.05) is 0 Å². The van der Waals surface area contributed by atoms with Crippen molar-refractivity contribution >= 4 is 0 Å². The van der Waals surface area contributed by atoms with Crippen molar-refractivity contribution in [1.29, 1.82) is 0 Å². The van der Waals surface area contributed by atoms with Gasteiger partial charge < -0.3 is 5.32 Å². The minimum Gasteiger partial charge on any atom is -0.308 e. The third-order valence-corrected chi connectivity index (χ3v) is 3.71. The number of nitrogens with zero attached hydrogens (tertiary/aromatic N) is 2. The first-order chi connectivity index (χ1) is 7.65. The highest BCUT2D eigenvalue weighted by atomic mass is 15.0. The van der Waals surface area contributed by atoms with Crippen LogP contribution in [0, 0.1) is 5.41 Å². The lowest BCUT2D eigenvalue weighted by Gasteiger charge is -2.05. The molecule has 2 aliphatic carbocycles. The Morgan fingerprint density at radius 3 is 2.81 bits per heavy atom. The number of hydrogen-bond acceptors (Lipinski definition) is 3. The van der Waals surface area contributed by atoms with Gasteiger partial charge in [0.25, 0.3) is 0 Å². The average Bonchev–Trinajstić information content (AvgIpc) is 3.14. The van der Waals surface area contributed by atoms with Crippen LogP contribution in [0.2, 0.25) is 0 Å². The highest BCUT2D eigenvalue weighted by Gasteiger charge is 2.48. The van der Waals surface area contributed by atoms with E-state index in [4.69, 9.17) is 0 Å². The molecular formula is C13H19N3. The van der Waals surface area contributed by atoms with Crippen LogP contribution in [-0.2, 0) is 6.54 Å². The third-order valence-electron chi connectivity index (χ3n) is 3.71. The lowest BCUT2D eigenvalue weighted by Crippen LogP contribution is -2.16. The summed E-state index contributed by atoms with van der Waals surface area (Å²) in [5.41, 5.74) is 1.56. The molecule has 3 nitrogen and oxygen atoms in total. The van der Waals surface area contributed by atoms with Crippen LogP contribution in [0.25, 0.3) is 0 Å². The first-order valence-electron chi connectivity index (χ1n) is 6.20. The summed E-state index contributed by atoms with van der Waals surface area (Å²) in [4.78, 5) is 9.06. The second-order valence-electron chi connectivity index (χ2n) is 5.81. The van der Waals surface area contributed by atoms with Crippen LogP contribution in [0.4, 0.5) is 0 Å². The van der Waals surface area contributed by atoms with Crippen LogP contribution >= 0.6 is 0 Å². The zero-order chi connectivity index (χ0) is 11.2. The normalized spacial score (nSPS) is 26.8. The Morgan fingerprint density at radius 1 is 1.44 bits per heavy atom. The molecule has 1 aromatic rings. The van der Waals surface area contributed by atoms with Crippen LogP contribution in [0.1, 0.15) is 50.5 Å². The maximum atomic E-state index is 4.66. The van der Waals surface area contributed by atoms with Gasteiger partial charge in [-0.15, -0.1) is 0 Å². The zero-order valence-corrected chi connectivity index (χ0v) is 10.0. The van der Waals surface area contributed by atoms with Gasteiger partial charge in [-0.2, -0.15) is 0 Å². The molecule has 2 fully saturated rings. The highest BCUT2D eigenvalue weighted by molar-refractivity contribution is 5.17. The van der Waals surface area contributed by atoms with E-state index < -0.39 is 0 Å². The smallest absolute Gasteiger partial charge is 0.132 e. The lowest BCUT2D eigenvalue weighted by molar-refractivity contribution is 0.602. The minimum absolute atomic E-state index is 0.419. The molecule has 0 spiro atoms. The van der Waals surface area contributed by atoms with Crippen molar-refractivity contribution in [3.05, 3.63) is 23.8 Å². The molecule has 1 atom stereocenters. The summed E-state index contributed by atoms with van der Waals surface area (Å²) < 4.78 is 0. The van der Waals surface area contributed by atoms with Gasteiger partial charge in [-0.3, -0.25) is 0 Å². The fraction of sp³-hybridized carbons (Fsp3) is 0.692. The average molecular weight is 217 g/mol. The summed E-state index contributed by atoms with van der Waals surface area (Å²) in [6, 6.07) is 2.77. The molecule has 0 aliphatic heterocycles. The summed E-state index contributed by atoms with van der Waals surface area (Å²) in [5.74, 6) is 1.62.